The van der Waals surface area contributed by atoms with Crippen molar-refractivity contribution in [3.05, 3.63) is 96.1 Å². The Labute approximate surface area is 185 Å². The van der Waals surface area contributed by atoms with Crippen molar-refractivity contribution < 1.29 is 13.2 Å². The predicted molar refractivity (Wildman–Crippen MR) is 125 cm³/mol. The van der Waals surface area contributed by atoms with Crippen LogP contribution in [-0.4, -0.2) is 39.4 Å². The number of rotatable bonds is 9. The van der Waals surface area contributed by atoms with Crippen LogP contribution >= 0.6 is 0 Å². The minimum Gasteiger partial charge on any atom is -0.342 e. The maximum absolute atomic E-state index is 13.2. The van der Waals surface area contributed by atoms with Gasteiger partial charge in [-0.1, -0.05) is 54.6 Å². The number of nitrogens with zero attached hydrogens (tertiary/aromatic N) is 2. The number of hydrogen-bond donors (Lipinski definition) is 0. The molecule has 0 saturated carbocycles. The molecule has 0 bridgehead atoms. The average Bonchev–Trinajstić information content (AvgIpc) is 2.80. The Morgan fingerprint density at radius 2 is 1.52 bits per heavy atom. The van der Waals surface area contributed by atoms with E-state index in [1.807, 2.05) is 24.3 Å². The second kappa shape index (κ2) is 10.3. The number of anilines is 1. The van der Waals surface area contributed by atoms with E-state index in [1.165, 1.54) is 22.0 Å². The minimum absolute atomic E-state index is 0.113. The summed E-state index contributed by atoms with van der Waals surface area (Å²) in [4.78, 5) is 14.6. The number of amides is 1. The number of para-hydroxylation sites is 1. The highest BCUT2D eigenvalue weighted by Gasteiger charge is 2.24. The second-order valence-corrected chi connectivity index (χ2v) is 9.21. The van der Waals surface area contributed by atoms with Crippen molar-refractivity contribution in [2.75, 3.05) is 24.4 Å². The van der Waals surface area contributed by atoms with Crippen molar-refractivity contribution in [2.24, 2.45) is 0 Å². The third-order valence-electron chi connectivity index (χ3n) is 5.15. The first kappa shape index (κ1) is 22.6. The molecule has 3 aromatic carbocycles. The number of carbonyl (C=O) groups is 1. The Hall–Kier alpha value is -3.12. The lowest BCUT2D eigenvalue weighted by atomic mass is 10.1. The van der Waals surface area contributed by atoms with Gasteiger partial charge in [-0.2, -0.15) is 0 Å². The van der Waals surface area contributed by atoms with Gasteiger partial charge in [0.1, 0.15) is 0 Å². The van der Waals surface area contributed by atoms with E-state index in [9.17, 15) is 13.2 Å². The highest BCUT2D eigenvalue weighted by Crippen LogP contribution is 2.24. The SMILES string of the molecule is CCN(c1ccccc1)S(=O)(=O)c1cccc(C(=O)N(C)CCCc2ccccc2)c1. The molecule has 0 heterocycles. The second-order valence-electron chi connectivity index (χ2n) is 7.35. The topological polar surface area (TPSA) is 57.7 Å². The van der Waals surface area contributed by atoms with Gasteiger partial charge in [-0.05, 0) is 55.7 Å². The quantitative estimate of drug-likeness (QED) is 0.492. The molecule has 0 aliphatic rings. The highest BCUT2D eigenvalue weighted by atomic mass is 32.2. The highest BCUT2D eigenvalue weighted by molar-refractivity contribution is 7.92. The Morgan fingerprint density at radius 3 is 2.16 bits per heavy atom. The summed E-state index contributed by atoms with van der Waals surface area (Å²) in [6, 6.07) is 25.4. The molecule has 3 aromatic rings. The van der Waals surface area contributed by atoms with E-state index in [0.717, 1.165) is 12.8 Å². The normalized spacial score (nSPS) is 11.2. The first-order valence-electron chi connectivity index (χ1n) is 10.4. The van der Waals surface area contributed by atoms with E-state index in [0.29, 0.717) is 24.3 Å². The van der Waals surface area contributed by atoms with Crippen molar-refractivity contribution in [3.8, 4) is 0 Å². The fourth-order valence-electron chi connectivity index (χ4n) is 3.49. The van der Waals surface area contributed by atoms with Crippen molar-refractivity contribution in [1.82, 2.24) is 4.90 Å². The van der Waals surface area contributed by atoms with Gasteiger partial charge in [0.05, 0.1) is 10.6 Å². The minimum atomic E-state index is -3.78. The van der Waals surface area contributed by atoms with Crippen LogP contribution < -0.4 is 4.31 Å². The van der Waals surface area contributed by atoms with Crippen LogP contribution in [0.1, 0.15) is 29.3 Å². The number of carbonyl (C=O) groups excluding carboxylic acids is 1. The van der Waals surface area contributed by atoms with Crippen molar-refractivity contribution >= 4 is 21.6 Å². The summed E-state index contributed by atoms with van der Waals surface area (Å²) in [5.74, 6) is -0.187. The van der Waals surface area contributed by atoms with E-state index in [4.69, 9.17) is 0 Å². The summed E-state index contributed by atoms with van der Waals surface area (Å²) in [6.07, 6.45) is 1.72. The monoisotopic (exact) mass is 436 g/mol. The maximum atomic E-state index is 13.2. The van der Waals surface area contributed by atoms with Crippen LogP contribution in [0.15, 0.2) is 89.8 Å². The molecule has 0 N–H and O–H groups in total. The zero-order chi connectivity index (χ0) is 22.3. The lowest BCUT2D eigenvalue weighted by Crippen LogP contribution is -2.31. The molecule has 0 radical (unpaired) electrons. The summed E-state index contributed by atoms with van der Waals surface area (Å²) in [6.45, 7) is 2.68. The van der Waals surface area contributed by atoms with E-state index < -0.39 is 10.0 Å². The molecular weight excluding hydrogens is 408 g/mol. The average molecular weight is 437 g/mol. The Morgan fingerprint density at radius 1 is 0.871 bits per heavy atom. The number of benzene rings is 3. The largest absolute Gasteiger partial charge is 0.342 e. The Kier molecular flexibility index (Phi) is 7.47. The molecule has 0 fully saturated rings. The van der Waals surface area contributed by atoms with Crippen LogP contribution in [0.3, 0.4) is 0 Å². The Balaban J connectivity index is 1.73. The molecule has 6 heteroatoms. The van der Waals surface area contributed by atoms with Crippen LogP contribution in [0.2, 0.25) is 0 Å². The molecule has 0 atom stereocenters. The summed E-state index contributed by atoms with van der Waals surface area (Å²) in [5, 5.41) is 0. The van der Waals surface area contributed by atoms with Gasteiger partial charge in [-0.25, -0.2) is 8.42 Å². The van der Waals surface area contributed by atoms with Crippen LogP contribution in [0.4, 0.5) is 5.69 Å². The van der Waals surface area contributed by atoms with Crippen molar-refractivity contribution in [1.29, 1.82) is 0 Å². The molecular formula is C25H28N2O3S. The smallest absolute Gasteiger partial charge is 0.264 e. The van der Waals surface area contributed by atoms with Crippen LogP contribution in [0.25, 0.3) is 0 Å². The lowest BCUT2D eigenvalue weighted by Gasteiger charge is -2.23. The van der Waals surface area contributed by atoms with Gasteiger partial charge in [0.2, 0.25) is 0 Å². The van der Waals surface area contributed by atoms with Crippen molar-refractivity contribution in [2.45, 2.75) is 24.7 Å². The van der Waals surface area contributed by atoms with Gasteiger partial charge in [-0.3, -0.25) is 9.10 Å². The van der Waals surface area contributed by atoms with E-state index in [-0.39, 0.29) is 10.8 Å². The van der Waals surface area contributed by atoms with Gasteiger partial charge in [0, 0.05) is 25.7 Å². The molecule has 0 aromatic heterocycles. The van der Waals surface area contributed by atoms with Crippen LogP contribution in [0, 0.1) is 0 Å². The third kappa shape index (κ3) is 5.52. The first-order valence-corrected chi connectivity index (χ1v) is 11.8. The van der Waals surface area contributed by atoms with Gasteiger partial charge < -0.3 is 4.90 Å². The number of aryl methyl sites for hydroxylation is 1. The fraction of sp³-hybridized carbons (Fsp3) is 0.240. The van der Waals surface area contributed by atoms with Gasteiger partial charge in [-0.15, -0.1) is 0 Å². The third-order valence-corrected chi connectivity index (χ3v) is 7.05. The molecule has 0 aliphatic heterocycles. The molecule has 5 nitrogen and oxygen atoms in total. The van der Waals surface area contributed by atoms with Gasteiger partial charge >= 0.3 is 0 Å². The van der Waals surface area contributed by atoms with Crippen molar-refractivity contribution in [3.63, 3.8) is 0 Å². The molecule has 0 unspecified atom stereocenters. The van der Waals surface area contributed by atoms with Gasteiger partial charge in [0.25, 0.3) is 15.9 Å². The predicted octanol–water partition coefficient (Wildman–Crippen LogP) is 4.61. The summed E-state index contributed by atoms with van der Waals surface area (Å²) < 4.78 is 27.8. The van der Waals surface area contributed by atoms with Gasteiger partial charge in [0.15, 0.2) is 0 Å². The molecule has 3 rings (SSSR count). The summed E-state index contributed by atoms with van der Waals surface area (Å²) in [7, 11) is -2.03. The molecule has 0 saturated heterocycles. The lowest BCUT2D eigenvalue weighted by molar-refractivity contribution is 0.0793. The summed E-state index contributed by atoms with van der Waals surface area (Å²) in [5.41, 5.74) is 2.20. The number of sulfonamides is 1. The van der Waals surface area contributed by atoms with Crippen LogP contribution in [-0.2, 0) is 16.4 Å². The zero-order valence-electron chi connectivity index (χ0n) is 17.9. The van der Waals surface area contributed by atoms with Crippen LogP contribution in [0.5, 0.6) is 0 Å². The number of hydrogen-bond acceptors (Lipinski definition) is 3. The molecule has 1 amide bonds. The maximum Gasteiger partial charge on any atom is 0.264 e. The molecule has 0 spiro atoms. The van der Waals surface area contributed by atoms with E-state index in [2.05, 4.69) is 12.1 Å². The first-order chi connectivity index (χ1) is 14.9. The molecule has 31 heavy (non-hydrogen) atoms. The standard InChI is InChI=1S/C25H28N2O3S/c1-3-27(23-16-8-5-9-17-23)31(29,30)24-18-10-15-22(20-24)25(28)26(2)19-11-14-21-12-6-4-7-13-21/h4-10,12-13,15-18,20H,3,11,14,19H2,1-2H3. The zero-order valence-corrected chi connectivity index (χ0v) is 18.8. The van der Waals surface area contributed by atoms with E-state index in [1.54, 1.807) is 55.3 Å². The van der Waals surface area contributed by atoms with E-state index >= 15 is 0 Å². The Bertz CT molecular complexity index is 1100. The molecule has 162 valence electrons. The molecule has 0 aliphatic carbocycles. The fourth-order valence-corrected chi connectivity index (χ4v) is 5.01. The summed E-state index contributed by atoms with van der Waals surface area (Å²) >= 11 is 0.